The maximum absolute atomic E-state index is 12.2. The first kappa shape index (κ1) is 16.1. The molecule has 21 heavy (non-hydrogen) atoms. The van der Waals surface area contributed by atoms with Gasteiger partial charge in [-0.25, -0.2) is 0 Å². The molecule has 1 heterocycles. The smallest absolute Gasteiger partial charge is 0.230 e. The standard InChI is InChI=1S/C17H21NOS2/c1-12(2)17(15-9-6-10-20-15)18-16(19)11-21-14-8-5-4-7-13(14)3/h4-10,12,17H,11H2,1-3H3,(H,18,19)/t17-/m1/s1. The van der Waals surface area contributed by atoms with Crippen LogP contribution in [0.15, 0.2) is 46.7 Å². The maximum Gasteiger partial charge on any atom is 0.230 e. The van der Waals surface area contributed by atoms with Crippen LogP contribution in [0, 0.1) is 12.8 Å². The number of hydrogen-bond acceptors (Lipinski definition) is 3. The van der Waals surface area contributed by atoms with E-state index in [1.54, 1.807) is 23.1 Å². The van der Waals surface area contributed by atoms with Gasteiger partial charge in [0.05, 0.1) is 11.8 Å². The average molecular weight is 319 g/mol. The molecule has 2 rings (SSSR count). The molecular weight excluding hydrogens is 298 g/mol. The minimum atomic E-state index is 0.0929. The van der Waals surface area contributed by atoms with Gasteiger partial charge in [0, 0.05) is 9.77 Å². The topological polar surface area (TPSA) is 29.1 Å². The summed E-state index contributed by atoms with van der Waals surface area (Å²) in [5.41, 5.74) is 1.22. The summed E-state index contributed by atoms with van der Waals surface area (Å²) >= 11 is 3.29. The van der Waals surface area contributed by atoms with Crippen LogP contribution in [0.4, 0.5) is 0 Å². The second-order valence-electron chi connectivity index (χ2n) is 5.36. The Labute approximate surface area is 135 Å². The van der Waals surface area contributed by atoms with Crippen molar-refractivity contribution in [3.05, 3.63) is 52.2 Å². The van der Waals surface area contributed by atoms with Crippen molar-refractivity contribution in [2.75, 3.05) is 5.75 Å². The van der Waals surface area contributed by atoms with Crippen LogP contribution in [-0.2, 0) is 4.79 Å². The lowest BCUT2D eigenvalue weighted by Gasteiger charge is -2.21. The lowest BCUT2D eigenvalue weighted by atomic mass is 10.0. The summed E-state index contributed by atoms with van der Waals surface area (Å²) < 4.78 is 0. The Bertz CT molecular complexity index is 578. The SMILES string of the molecule is Cc1ccccc1SCC(=O)N[C@@H](c1cccs1)C(C)C. The van der Waals surface area contributed by atoms with E-state index in [-0.39, 0.29) is 11.9 Å². The van der Waals surface area contributed by atoms with Gasteiger partial charge >= 0.3 is 0 Å². The van der Waals surface area contributed by atoms with Crippen molar-refractivity contribution in [2.45, 2.75) is 31.7 Å². The van der Waals surface area contributed by atoms with E-state index >= 15 is 0 Å². The van der Waals surface area contributed by atoms with E-state index in [0.717, 1.165) is 0 Å². The van der Waals surface area contributed by atoms with E-state index < -0.39 is 0 Å². The number of aryl methyl sites for hydroxylation is 1. The van der Waals surface area contributed by atoms with Gasteiger partial charge < -0.3 is 5.32 Å². The summed E-state index contributed by atoms with van der Waals surface area (Å²) in [5, 5.41) is 5.21. The third-order valence-corrected chi connectivity index (χ3v) is 5.42. The number of amides is 1. The van der Waals surface area contributed by atoms with Crippen molar-refractivity contribution in [1.82, 2.24) is 5.32 Å². The van der Waals surface area contributed by atoms with Gasteiger partial charge in [0.2, 0.25) is 5.91 Å². The van der Waals surface area contributed by atoms with E-state index in [9.17, 15) is 4.79 Å². The van der Waals surface area contributed by atoms with Crippen molar-refractivity contribution >= 4 is 29.0 Å². The van der Waals surface area contributed by atoms with E-state index in [2.05, 4.69) is 49.7 Å². The number of carbonyl (C=O) groups is 1. The fourth-order valence-electron chi connectivity index (χ4n) is 2.11. The van der Waals surface area contributed by atoms with E-state index in [1.165, 1.54) is 15.3 Å². The highest BCUT2D eigenvalue weighted by Gasteiger charge is 2.19. The zero-order valence-corrected chi connectivity index (χ0v) is 14.3. The number of thioether (sulfide) groups is 1. The number of rotatable bonds is 6. The van der Waals surface area contributed by atoms with Gasteiger partial charge in [0.25, 0.3) is 0 Å². The van der Waals surface area contributed by atoms with Crippen LogP contribution in [0.1, 0.15) is 30.3 Å². The van der Waals surface area contributed by atoms with Gasteiger partial charge in [-0.2, -0.15) is 0 Å². The van der Waals surface area contributed by atoms with Crippen LogP contribution in [-0.4, -0.2) is 11.7 Å². The summed E-state index contributed by atoms with van der Waals surface area (Å²) in [4.78, 5) is 14.6. The number of nitrogens with one attached hydrogen (secondary N) is 1. The first-order valence-electron chi connectivity index (χ1n) is 7.09. The quantitative estimate of drug-likeness (QED) is 0.784. The highest BCUT2D eigenvalue weighted by molar-refractivity contribution is 8.00. The largest absolute Gasteiger partial charge is 0.347 e. The van der Waals surface area contributed by atoms with E-state index in [1.807, 2.05) is 18.2 Å². The Hall–Kier alpha value is -1.26. The first-order valence-corrected chi connectivity index (χ1v) is 8.95. The summed E-state index contributed by atoms with van der Waals surface area (Å²) in [5.74, 6) is 0.936. The lowest BCUT2D eigenvalue weighted by molar-refractivity contribution is -0.119. The Balaban J connectivity index is 1.93. The van der Waals surface area contributed by atoms with Gasteiger partial charge in [-0.15, -0.1) is 23.1 Å². The van der Waals surface area contributed by atoms with Crippen LogP contribution in [0.2, 0.25) is 0 Å². The van der Waals surface area contributed by atoms with Crippen LogP contribution in [0.5, 0.6) is 0 Å². The molecule has 0 aliphatic rings. The average Bonchev–Trinajstić information content (AvgIpc) is 2.97. The molecule has 0 unspecified atom stereocenters. The Kier molecular flexibility index (Phi) is 5.88. The van der Waals surface area contributed by atoms with E-state index in [4.69, 9.17) is 0 Å². The monoisotopic (exact) mass is 319 g/mol. The zero-order chi connectivity index (χ0) is 15.2. The number of benzene rings is 1. The molecule has 1 aromatic heterocycles. The highest BCUT2D eigenvalue weighted by atomic mass is 32.2. The normalized spacial score (nSPS) is 12.4. The molecule has 0 spiro atoms. The molecule has 0 fully saturated rings. The van der Waals surface area contributed by atoms with Crippen molar-refractivity contribution in [2.24, 2.45) is 5.92 Å². The molecule has 1 atom stereocenters. The molecule has 2 aromatic rings. The summed E-state index contributed by atoms with van der Waals surface area (Å²) in [6.07, 6.45) is 0. The van der Waals surface area contributed by atoms with Crippen molar-refractivity contribution in [3.63, 3.8) is 0 Å². The van der Waals surface area contributed by atoms with Gasteiger partial charge in [0.15, 0.2) is 0 Å². The molecule has 0 aliphatic heterocycles. The van der Waals surface area contributed by atoms with E-state index in [0.29, 0.717) is 11.7 Å². The molecule has 1 N–H and O–H groups in total. The minimum Gasteiger partial charge on any atom is -0.347 e. The van der Waals surface area contributed by atoms with Crippen molar-refractivity contribution < 1.29 is 4.79 Å². The molecular formula is C17H21NOS2. The number of thiophene rings is 1. The van der Waals surface area contributed by atoms with Gasteiger partial charge in [0.1, 0.15) is 0 Å². The van der Waals surface area contributed by atoms with Crippen molar-refractivity contribution in [1.29, 1.82) is 0 Å². The molecule has 0 aliphatic carbocycles. The third kappa shape index (κ3) is 4.61. The second-order valence-corrected chi connectivity index (χ2v) is 7.36. The van der Waals surface area contributed by atoms with Crippen LogP contribution < -0.4 is 5.32 Å². The maximum atomic E-state index is 12.2. The number of carbonyl (C=O) groups excluding carboxylic acids is 1. The molecule has 2 nitrogen and oxygen atoms in total. The predicted molar refractivity (Wildman–Crippen MR) is 91.9 cm³/mol. The second kappa shape index (κ2) is 7.66. The highest BCUT2D eigenvalue weighted by Crippen LogP contribution is 2.26. The van der Waals surface area contributed by atoms with Crippen LogP contribution in [0.25, 0.3) is 0 Å². The molecule has 1 aromatic carbocycles. The summed E-state index contributed by atoms with van der Waals surface area (Å²) in [7, 11) is 0. The lowest BCUT2D eigenvalue weighted by Crippen LogP contribution is -2.32. The van der Waals surface area contributed by atoms with Gasteiger partial charge in [-0.3, -0.25) is 4.79 Å². The fraction of sp³-hybridized carbons (Fsp3) is 0.353. The van der Waals surface area contributed by atoms with Gasteiger partial charge in [-0.1, -0.05) is 38.1 Å². The molecule has 0 bridgehead atoms. The number of hydrogen-bond donors (Lipinski definition) is 1. The summed E-state index contributed by atoms with van der Waals surface area (Å²) in [6.45, 7) is 6.35. The zero-order valence-electron chi connectivity index (χ0n) is 12.6. The fourth-order valence-corrected chi connectivity index (χ4v) is 3.90. The Morgan fingerprint density at radius 1 is 1.24 bits per heavy atom. The first-order chi connectivity index (χ1) is 10.1. The molecule has 112 valence electrons. The molecule has 1 amide bonds. The van der Waals surface area contributed by atoms with Gasteiger partial charge in [-0.05, 0) is 35.9 Å². The predicted octanol–water partition coefficient (Wildman–Crippen LogP) is 4.66. The molecule has 0 saturated heterocycles. The molecule has 0 saturated carbocycles. The molecule has 4 heteroatoms. The Morgan fingerprint density at radius 2 is 2.00 bits per heavy atom. The third-order valence-electron chi connectivity index (χ3n) is 3.29. The van der Waals surface area contributed by atoms with Crippen molar-refractivity contribution in [3.8, 4) is 0 Å². The molecule has 0 radical (unpaired) electrons. The Morgan fingerprint density at radius 3 is 2.62 bits per heavy atom. The summed E-state index contributed by atoms with van der Waals surface area (Å²) in [6, 6.07) is 12.4. The van der Waals surface area contributed by atoms with Crippen LogP contribution in [0.3, 0.4) is 0 Å². The minimum absolute atomic E-state index is 0.0929. The van der Waals surface area contributed by atoms with Crippen LogP contribution >= 0.6 is 23.1 Å².